The van der Waals surface area contributed by atoms with Crippen molar-refractivity contribution in [2.24, 2.45) is 12.8 Å². The summed E-state index contributed by atoms with van der Waals surface area (Å²) in [6.45, 7) is 1.81. The fourth-order valence-corrected chi connectivity index (χ4v) is 2.17. The summed E-state index contributed by atoms with van der Waals surface area (Å²) in [5.41, 5.74) is 8.34. The lowest BCUT2D eigenvalue weighted by Crippen LogP contribution is -2.27. The molecule has 2 aromatic rings. The molecule has 0 radical (unpaired) electrons. The van der Waals surface area contributed by atoms with Gasteiger partial charge in [-0.25, -0.2) is 9.10 Å². The number of carbonyl (C=O) groups excluding carboxylic acids is 1. The number of aromatic nitrogens is 2. The second kappa shape index (κ2) is 4.73. The number of urea groups is 1. The first-order valence-corrected chi connectivity index (χ1v) is 5.80. The van der Waals surface area contributed by atoms with Crippen LogP contribution in [0, 0.1) is 6.92 Å². The van der Waals surface area contributed by atoms with Gasteiger partial charge in [-0.3, -0.25) is 4.68 Å². The molecule has 0 atom stereocenters. The Morgan fingerprint density at radius 3 is 2.56 bits per heavy atom. The van der Waals surface area contributed by atoms with Gasteiger partial charge < -0.3 is 5.73 Å². The molecule has 2 rings (SSSR count). The lowest BCUT2D eigenvalue weighted by molar-refractivity contribution is 0.257. The smallest absolute Gasteiger partial charge is 0.329 e. The number of primary amides is 1. The van der Waals surface area contributed by atoms with Crippen molar-refractivity contribution in [3.05, 3.63) is 36.0 Å². The van der Waals surface area contributed by atoms with Gasteiger partial charge in [0.15, 0.2) is 0 Å². The van der Waals surface area contributed by atoms with Gasteiger partial charge in [0.2, 0.25) is 0 Å². The van der Waals surface area contributed by atoms with Gasteiger partial charge in [-0.15, -0.1) is 0 Å². The molecule has 1 heterocycles. The molecule has 94 valence electrons. The van der Waals surface area contributed by atoms with Crippen LogP contribution in [0.1, 0.15) is 5.69 Å². The molecule has 0 saturated carbocycles. The van der Waals surface area contributed by atoms with Crippen LogP contribution >= 0.6 is 12.8 Å². The number of hydrogen-bond donors (Lipinski definition) is 2. The largest absolute Gasteiger partial charge is 0.350 e. The summed E-state index contributed by atoms with van der Waals surface area (Å²) in [4.78, 5) is 11.3. The van der Waals surface area contributed by atoms with Gasteiger partial charge in [-0.2, -0.15) is 5.10 Å². The van der Waals surface area contributed by atoms with Crippen LogP contribution in [-0.4, -0.2) is 15.8 Å². The molecule has 0 unspecified atom stereocenters. The maximum Gasteiger partial charge on any atom is 0.329 e. The number of carbonyl (C=O) groups is 1. The quantitative estimate of drug-likeness (QED) is 0.814. The third-order valence-corrected chi connectivity index (χ3v) is 3.06. The van der Waals surface area contributed by atoms with Crippen LogP contribution in [-0.2, 0) is 7.05 Å². The Kier molecular flexibility index (Phi) is 3.29. The van der Waals surface area contributed by atoms with Crippen molar-refractivity contribution >= 4 is 24.5 Å². The molecule has 0 bridgehead atoms. The molecule has 0 aliphatic heterocycles. The minimum atomic E-state index is -0.633. The van der Waals surface area contributed by atoms with E-state index in [9.17, 15) is 4.79 Å². The topological polar surface area (TPSA) is 64.2 Å². The van der Waals surface area contributed by atoms with E-state index in [0.717, 1.165) is 15.6 Å². The van der Waals surface area contributed by atoms with Crippen LogP contribution in [0.3, 0.4) is 0 Å². The van der Waals surface area contributed by atoms with E-state index >= 15 is 0 Å². The van der Waals surface area contributed by atoms with Crippen molar-refractivity contribution in [1.29, 1.82) is 0 Å². The second-order valence-corrected chi connectivity index (χ2v) is 4.32. The van der Waals surface area contributed by atoms with E-state index in [2.05, 4.69) is 17.9 Å². The third-order valence-electron chi connectivity index (χ3n) is 2.66. The summed E-state index contributed by atoms with van der Waals surface area (Å²) in [6, 6.07) is 9.04. The van der Waals surface area contributed by atoms with Crippen LogP contribution in [0.25, 0.3) is 11.3 Å². The first-order valence-electron chi connectivity index (χ1n) is 5.40. The minimum Gasteiger partial charge on any atom is -0.350 e. The number of nitrogens with two attached hydrogens (primary N) is 1. The van der Waals surface area contributed by atoms with Crippen LogP contribution in [0.5, 0.6) is 0 Å². The van der Waals surface area contributed by atoms with E-state index in [-0.39, 0.29) is 0 Å². The Morgan fingerprint density at radius 1 is 1.39 bits per heavy atom. The minimum absolute atomic E-state index is 0.611. The maximum atomic E-state index is 11.3. The molecule has 18 heavy (non-hydrogen) atoms. The number of aryl methyl sites for hydroxylation is 2. The van der Waals surface area contributed by atoms with Gasteiger partial charge in [0.05, 0.1) is 11.4 Å². The molecular formula is C12H14N4OS. The Labute approximate surface area is 111 Å². The van der Waals surface area contributed by atoms with E-state index in [1.807, 2.05) is 44.3 Å². The third kappa shape index (κ3) is 2.06. The number of anilines is 1. The van der Waals surface area contributed by atoms with Crippen molar-refractivity contribution in [2.45, 2.75) is 6.92 Å². The van der Waals surface area contributed by atoms with Crippen molar-refractivity contribution in [1.82, 2.24) is 9.78 Å². The van der Waals surface area contributed by atoms with E-state index in [0.29, 0.717) is 11.4 Å². The predicted molar refractivity (Wildman–Crippen MR) is 74.4 cm³/mol. The first kappa shape index (κ1) is 12.5. The molecule has 2 N–H and O–H groups in total. The van der Waals surface area contributed by atoms with E-state index in [4.69, 9.17) is 5.73 Å². The molecule has 0 saturated heterocycles. The van der Waals surface area contributed by atoms with Gasteiger partial charge in [-0.05, 0) is 6.92 Å². The molecule has 2 amide bonds. The summed E-state index contributed by atoms with van der Waals surface area (Å²) in [6.07, 6.45) is 0. The Morgan fingerprint density at radius 2 is 2.00 bits per heavy atom. The number of benzene rings is 1. The maximum absolute atomic E-state index is 11.3. The fraction of sp³-hybridized carbons (Fsp3) is 0.167. The lowest BCUT2D eigenvalue weighted by Gasteiger charge is -2.14. The molecule has 0 spiro atoms. The van der Waals surface area contributed by atoms with Crippen molar-refractivity contribution in [3.63, 3.8) is 0 Å². The number of nitrogens with zero attached hydrogens (tertiary/aromatic N) is 3. The Bertz CT molecular complexity index is 579. The number of rotatable bonds is 2. The average Bonchev–Trinajstić information content (AvgIpc) is 2.64. The lowest BCUT2D eigenvalue weighted by atomic mass is 10.1. The predicted octanol–water partition coefficient (Wildman–Crippen LogP) is 2.13. The molecule has 1 aromatic heterocycles. The van der Waals surface area contributed by atoms with Crippen molar-refractivity contribution < 1.29 is 4.79 Å². The number of hydrogen-bond acceptors (Lipinski definition) is 3. The van der Waals surface area contributed by atoms with E-state index < -0.39 is 6.03 Å². The van der Waals surface area contributed by atoms with Gasteiger partial charge in [0, 0.05) is 12.6 Å². The fourth-order valence-electron chi connectivity index (χ4n) is 1.93. The SMILES string of the molecule is Cc1nn(C)c(-c2ccccc2)c1N(S)C(N)=O. The van der Waals surface area contributed by atoms with Crippen LogP contribution in [0.2, 0.25) is 0 Å². The highest BCUT2D eigenvalue weighted by molar-refractivity contribution is 7.82. The van der Waals surface area contributed by atoms with Gasteiger partial charge in [0.25, 0.3) is 0 Å². The molecular weight excluding hydrogens is 248 g/mol. The molecule has 6 heteroatoms. The number of thiol groups is 1. The molecule has 1 aromatic carbocycles. The monoisotopic (exact) mass is 262 g/mol. The molecule has 5 nitrogen and oxygen atoms in total. The van der Waals surface area contributed by atoms with E-state index in [1.165, 1.54) is 0 Å². The summed E-state index contributed by atoms with van der Waals surface area (Å²) in [7, 11) is 1.82. The second-order valence-electron chi connectivity index (χ2n) is 3.92. The summed E-state index contributed by atoms with van der Waals surface area (Å²) >= 11 is 4.12. The zero-order valence-electron chi connectivity index (χ0n) is 10.2. The van der Waals surface area contributed by atoms with Gasteiger partial charge in [0.1, 0.15) is 5.69 Å². The van der Waals surface area contributed by atoms with Gasteiger partial charge in [-0.1, -0.05) is 43.1 Å². The molecule has 0 aliphatic rings. The van der Waals surface area contributed by atoms with Crippen molar-refractivity contribution in [2.75, 3.05) is 4.31 Å². The average molecular weight is 262 g/mol. The first-order chi connectivity index (χ1) is 8.52. The summed E-state index contributed by atoms with van der Waals surface area (Å²) in [5.74, 6) is 0. The van der Waals surface area contributed by atoms with Gasteiger partial charge >= 0.3 is 6.03 Å². The zero-order valence-corrected chi connectivity index (χ0v) is 11.1. The van der Waals surface area contributed by atoms with Crippen LogP contribution < -0.4 is 10.0 Å². The highest BCUT2D eigenvalue weighted by atomic mass is 32.1. The van der Waals surface area contributed by atoms with E-state index in [1.54, 1.807) is 4.68 Å². The summed E-state index contributed by atoms with van der Waals surface area (Å²) in [5, 5.41) is 4.31. The Hall–Kier alpha value is -1.95. The molecule has 0 fully saturated rings. The summed E-state index contributed by atoms with van der Waals surface area (Å²) < 4.78 is 2.83. The highest BCUT2D eigenvalue weighted by Crippen LogP contribution is 2.34. The number of amides is 2. The van der Waals surface area contributed by atoms with Crippen LogP contribution in [0.4, 0.5) is 10.5 Å². The van der Waals surface area contributed by atoms with Crippen molar-refractivity contribution in [3.8, 4) is 11.3 Å². The highest BCUT2D eigenvalue weighted by Gasteiger charge is 2.21. The standard InChI is InChI=1S/C12H14N4OS/c1-8-10(16(18)12(13)17)11(15(2)14-8)9-6-4-3-5-7-9/h3-7,18H,1-2H3,(H2,13,17). The Balaban J connectivity index is 2.64. The van der Waals surface area contributed by atoms with Crippen LogP contribution in [0.15, 0.2) is 30.3 Å². The molecule has 0 aliphatic carbocycles. The normalized spacial score (nSPS) is 10.4. The zero-order chi connectivity index (χ0) is 13.3.